The zero-order valence-corrected chi connectivity index (χ0v) is 19.0. The molecule has 1 amide bonds. The van der Waals surface area contributed by atoms with Gasteiger partial charge in [-0.15, -0.1) is 0 Å². The van der Waals surface area contributed by atoms with E-state index >= 15 is 0 Å². The van der Waals surface area contributed by atoms with Crippen LogP contribution in [-0.2, 0) is 13.1 Å². The Balaban J connectivity index is 1.43. The van der Waals surface area contributed by atoms with Crippen molar-refractivity contribution in [1.82, 2.24) is 19.6 Å². The predicted octanol–water partition coefficient (Wildman–Crippen LogP) is 5.19. The average molecular weight is 507 g/mol. The van der Waals surface area contributed by atoms with Crippen molar-refractivity contribution in [2.24, 2.45) is 0 Å². The molecule has 1 N–H and O–H groups in total. The zero-order chi connectivity index (χ0) is 22.1. The van der Waals surface area contributed by atoms with Crippen LogP contribution in [-0.4, -0.2) is 25.5 Å². The smallest absolute Gasteiger partial charge is 0.292 e. The van der Waals surface area contributed by atoms with Gasteiger partial charge in [-0.3, -0.25) is 14.2 Å². The number of halogens is 3. The standard InChI is InChI=1S/C21H18BrClFN5O2/c1-12-19(22)13(2)29(26-12)10-16-7-8-18(31-16)21(30)25-20-17(23)11-28(27-20)9-14-3-5-15(24)6-4-14/h3-8,11H,9-10H2,1-2H3,(H,25,27,30). The first kappa shape index (κ1) is 21.3. The van der Waals surface area contributed by atoms with Crippen molar-refractivity contribution in [1.29, 1.82) is 0 Å². The van der Waals surface area contributed by atoms with Crippen molar-refractivity contribution in [3.05, 3.63) is 86.4 Å². The number of nitrogens with zero attached hydrogens (tertiary/aromatic N) is 4. The molecule has 160 valence electrons. The van der Waals surface area contributed by atoms with Crippen molar-refractivity contribution in [3.63, 3.8) is 0 Å². The lowest BCUT2D eigenvalue weighted by Crippen LogP contribution is -2.12. The lowest BCUT2D eigenvalue weighted by Gasteiger charge is -2.03. The maximum atomic E-state index is 13.1. The van der Waals surface area contributed by atoms with Crippen LogP contribution in [0, 0.1) is 19.7 Å². The second kappa shape index (κ2) is 8.68. The van der Waals surface area contributed by atoms with Crippen LogP contribution in [0.4, 0.5) is 10.2 Å². The molecule has 0 saturated carbocycles. The van der Waals surface area contributed by atoms with Gasteiger partial charge >= 0.3 is 0 Å². The van der Waals surface area contributed by atoms with Crippen molar-refractivity contribution >= 4 is 39.3 Å². The van der Waals surface area contributed by atoms with E-state index in [1.54, 1.807) is 39.8 Å². The first-order chi connectivity index (χ1) is 14.8. The summed E-state index contributed by atoms with van der Waals surface area (Å²) in [7, 11) is 0. The number of carbonyl (C=O) groups excluding carboxylic acids is 1. The van der Waals surface area contributed by atoms with Crippen LogP contribution >= 0.6 is 27.5 Å². The molecule has 0 fully saturated rings. The van der Waals surface area contributed by atoms with Crippen molar-refractivity contribution < 1.29 is 13.6 Å². The van der Waals surface area contributed by atoms with Crippen LogP contribution in [0.15, 0.2) is 51.5 Å². The summed E-state index contributed by atoms with van der Waals surface area (Å²) in [6.45, 7) is 4.65. The minimum Gasteiger partial charge on any atom is -0.454 e. The number of benzene rings is 1. The Morgan fingerprint density at radius 3 is 2.58 bits per heavy atom. The molecule has 0 atom stereocenters. The summed E-state index contributed by atoms with van der Waals surface area (Å²) >= 11 is 9.71. The second-order valence-corrected chi connectivity index (χ2v) is 8.21. The summed E-state index contributed by atoms with van der Waals surface area (Å²) < 4.78 is 23.0. The number of hydrogen-bond acceptors (Lipinski definition) is 4. The van der Waals surface area contributed by atoms with Gasteiger partial charge in [0.05, 0.1) is 29.0 Å². The Morgan fingerprint density at radius 2 is 1.90 bits per heavy atom. The summed E-state index contributed by atoms with van der Waals surface area (Å²) in [6.07, 6.45) is 1.59. The number of rotatable bonds is 6. The van der Waals surface area contributed by atoms with Crippen LogP contribution < -0.4 is 5.32 Å². The fourth-order valence-electron chi connectivity index (χ4n) is 3.07. The average Bonchev–Trinajstić information content (AvgIpc) is 3.40. The molecule has 0 radical (unpaired) electrons. The minimum absolute atomic E-state index is 0.139. The van der Waals surface area contributed by atoms with Gasteiger partial charge in [0.25, 0.3) is 5.91 Å². The first-order valence-corrected chi connectivity index (χ1v) is 10.5. The Labute approximate surface area is 190 Å². The summed E-state index contributed by atoms with van der Waals surface area (Å²) in [4.78, 5) is 12.6. The number of anilines is 1. The molecule has 31 heavy (non-hydrogen) atoms. The Morgan fingerprint density at radius 1 is 1.16 bits per heavy atom. The molecule has 0 aliphatic heterocycles. The molecule has 1 aromatic carbocycles. The lowest BCUT2D eigenvalue weighted by atomic mass is 10.2. The minimum atomic E-state index is -0.463. The highest BCUT2D eigenvalue weighted by atomic mass is 79.9. The fourth-order valence-corrected chi connectivity index (χ4v) is 3.55. The van der Waals surface area contributed by atoms with Gasteiger partial charge in [-0.25, -0.2) is 4.39 Å². The third kappa shape index (κ3) is 4.72. The van der Waals surface area contributed by atoms with Gasteiger partial charge in [0.15, 0.2) is 11.6 Å². The van der Waals surface area contributed by atoms with Gasteiger partial charge in [-0.2, -0.15) is 10.2 Å². The van der Waals surface area contributed by atoms with Gasteiger partial charge < -0.3 is 9.73 Å². The topological polar surface area (TPSA) is 77.9 Å². The normalized spacial score (nSPS) is 11.1. The number of carbonyl (C=O) groups is 1. The van der Waals surface area contributed by atoms with Gasteiger partial charge in [-0.1, -0.05) is 23.7 Å². The lowest BCUT2D eigenvalue weighted by molar-refractivity contribution is 0.0994. The van der Waals surface area contributed by atoms with E-state index in [1.165, 1.54) is 12.1 Å². The summed E-state index contributed by atoms with van der Waals surface area (Å²) in [5.41, 5.74) is 2.70. The number of nitrogens with one attached hydrogen (secondary N) is 1. The molecule has 0 aliphatic carbocycles. The molecule has 0 saturated heterocycles. The van der Waals surface area contributed by atoms with Crippen LogP contribution in [0.5, 0.6) is 0 Å². The predicted molar refractivity (Wildman–Crippen MR) is 118 cm³/mol. The van der Waals surface area contributed by atoms with E-state index in [0.717, 1.165) is 21.4 Å². The highest BCUT2D eigenvalue weighted by Gasteiger charge is 2.17. The molecule has 3 aromatic heterocycles. The molecule has 7 nitrogen and oxygen atoms in total. The molecule has 0 aliphatic rings. The van der Waals surface area contributed by atoms with Gasteiger partial charge in [0, 0.05) is 6.20 Å². The maximum Gasteiger partial charge on any atom is 0.292 e. The second-order valence-electron chi connectivity index (χ2n) is 7.01. The Hall–Kier alpha value is -2.91. The Kier molecular flexibility index (Phi) is 5.97. The van der Waals surface area contributed by atoms with E-state index in [-0.39, 0.29) is 22.4 Å². The van der Waals surface area contributed by atoms with Gasteiger partial charge in [0.1, 0.15) is 16.6 Å². The number of hydrogen-bond donors (Lipinski definition) is 1. The van der Waals surface area contributed by atoms with Crippen molar-refractivity contribution in [2.75, 3.05) is 5.32 Å². The molecule has 3 heterocycles. The third-order valence-corrected chi connectivity index (χ3v) is 6.12. The van der Waals surface area contributed by atoms with E-state index in [0.29, 0.717) is 18.8 Å². The maximum absolute atomic E-state index is 13.1. The molecule has 4 rings (SSSR count). The Bertz CT molecular complexity index is 1250. The molecule has 10 heteroatoms. The van der Waals surface area contributed by atoms with Crippen molar-refractivity contribution in [3.8, 4) is 0 Å². The SMILES string of the molecule is Cc1nn(Cc2ccc(C(=O)Nc3nn(Cc4ccc(F)cc4)cc3Cl)o2)c(C)c1Br. The van der Waals surface area contributed by atoms with E-state index < -0.39 is 5.91 Å². The number of furan rings is 1. The number of aryl methyl sites for hydroxylation is 1. The summed E-state index contributed by atoms with van der Waals surface area (Å²) in [6, 6.07) is 9.40. The van der Waals surface area contributed by atoms with E-state index in [4.69, 9.17) is 16.0 Å². The van der Waals surface area contributed by atoms with E-state index in [9.17, 15) is 9.18 Å². The largest absolute Gasteiger partial charge is 0.454 e. The summed E-state index contributed by atoms with van der Waals surface area (Å²) in [5.74, 6) is 0.179. The van der Waals surface area contributed by atoms with Crippen LogP contribution in [0.25, 0.3) is 0 Å². The van der Waals surface area contributed by atoms with Crippen LogP contribution in [0.1, 0.15) is 33.3 Å². The molecular formula is C21H18BrClFN5O2. The first-order valence-electron chi connectivity index (χ1n) is 9.37. The van der Waals surface area contributed by atoms with Gasteiger partial charge in [0.2, 0.25) is 0 Å². The molecule has 0 unspecified atom stereocenters. The van der Waals surface area contributed by atoms with Crippen LogP contribution in [0.2, 0.25) is 5.02 Å². The molecule has 4 aromatic rings. The van der Waals surface area contributed by atoms with E-state index in [2.05, 4.69) is 31.4 Å². The number of aromatic nitrogens is 4. The van der Waals surface area contributed by atoms with Crippen LogP contribution in [0.3, 0.4) is 0 Å². The highest BCUT2D eigenvalue weighted by Crippen LogP contribution is 2.23. The fraction of sp³-hybridized carbons (Fsp3) is 0.190. The summed E-state index contributed by atoms with van der Waals surface area (Å²) in [5, 5.41) is 11.7. The van der Waals surface area contributed by atoms with Gasteiger partial charge in [-0.05, 0) is 59.6 Å². The molecular weight excluding hydrogens is 489 g/mol. The molecule has 0 bridgehead atoms. The number of amides is 1. The third-order valence-electron chi connectivity index (χ3n) is 4.69. The van der Waals surface area contributed by atoms with E-state index in [1.807, 2.05) is 13.8 Å². The molecule has 0 spiro atoms. The highest BCUT2D eigenvalue weighted by molar-refractivity contribution is 9.10. The monoisotopic (exact) mass is 505 g/mol. The zero-order valence-electron chi connectivity index (χ0n) is 16.7. The quantitative estimate of drug-likeness (QED) is 0.390. The van der Waals surface area contributed by atoms with Crippen molar-refractivity contribution in [2.45, 2.75) is 26.9 Å².